The van der Waals surface area contributed by atoms with E-state index in [0.717, 1.165) is 30.4 Å². The highest BCUT2D eigenvalue weighted by Crippen LogP contribution is 2.24. The summed E-state index contributed by atoms with van der Waals surface area (Å²) in [6.45, 7) is 6.82. The molecule has 0 radical (unpaired) electrons. The number of rotatable bonds is 9. The minimum Gasteiger partial charge on any atom is -0.289 e. The van der Waals surface area contributed by atoms with E-state index in [1.807, 2.05) is 42.5 Å². The zero-order valence-corrected chi connectivity index (χ0v) is 20.5. The van der Waals surface area contributed by atoms with E-state index in [0.29, 0.717) is 11.8 Å². The van der Waals surface area contributed by atoms with Crippen LogP contribution in [0, 0.1) is 11.8 Å². The predicted molar refractivity (Wildman–Crippen MR) is 143 cm³/mol. The molecule has 0 N–H and O–H groups in total. The van der Waals surface area contributed by atoms with Crippen molar-refractivity contribution in [3.63, 3.8) is 0 Å². The Hall–Kier alpha value is -3.45. The number of benzene rings is 4. The van der Waals surface area contributed by atoms with Crippen molar-refractivity contribution in [1.82, 2.24) is 0 Å². The monoisotopic (exact) mass is 446 g/mol. The van der Waals surface area contributed by atoms with Crippen LogP contribution < -0.4 is 0 Å². The van der Waals surface area contributed by atoms with Crippen molar-refractivity contribution in [2.24, 2.45) is 11.8 Å². The van der Waals surface area contributed by atoms with Crippen LogP contribution in [0.5, 0.6) is 0 Å². The Labute approximate surface area is 204 Å². The molecule has 0 aliphatic heterocycles. The van der Waals surface area contributed by atoms with Crippen LogP contribution in [0.1, 0.15) is 53.4 Å². The van der Waals surface area contributed by atoms with Gasteiger partial charge in [-0.2, -0.15) is 0 Å². The molecule has 1 heteroatoms. The average Bonchev–Trinajstić information content (AvgIpc) is 2.85. The van der Waals surface area contributed by atoms with Crippen molar-refractivity contribution in [2.75, 3.05) is 0 Å². The van der Waals surface area contributed by atoms with Crippen molar-refractivity contribution in [1.29, 1.82) is 0 Å². The molecule has 0 bridgehead atoms. The molecule has 0 heterocycles. The van der Waals surface area contributed by atoms with E-state index in [2.05, 4.69) is 81.4 Å². The molecular formula is C33H34O. The Morgan fingerprint density at radius 1 is 0.559 bits per heavy atom. The van der Waals surface area contributed by atoms with Gasteiger partial charge in [0, 0.05) is 11.1 Å². The van der Waals surface area contributed by atoms with Gasteiger partial charge in [0.25, 0.3) is 0 Å². The van der Waals surface area contributed by atoms with Crippen LogP contribution in [0.4, 0.5) is 0 Å². The summed E-state index contributed by atoms with van der Waals surface area (Å²) in [6.07, 6.45) is 3.15. The number of ketones is 1. The van der Waals surface area contributed by atoms with Crippen LogP contribution in [-0.4, -0.2) is 5.78 Å². The standard InChI is InChI=1S/C33H34O/c1-24(2)20-26-12-16-29(17-13-26)32-11-7-8-28(23-32)22-25(3)21-27-14-18-31(19-15-27)33(34)30-9-5-4-6-10-30/h4-19,23-25H,20-22H2,1-3H3. The second-order valence-electron chi connectivity index (χ2n) is 9.90. The molecule has 0 amide bonds. The van der Waals surface area contributed by atoms with Crippen molar-refractivity contribution in [3.8, 4) is 11.1 Å². The maximum Gasteiger partial charge on any atom is 0.193 e. The predicted octanol–water partition coefficient (Wildman–Crippen LogP) is 8.20. The Morgan fingerprint density at radius 3 is 1.82 bits per heavy atom. The van der Waals surface area contributed by atoms with Crippen LogP contribution in [-0.2, 0) is 19.3 Å². The largest absolute Gasteiger partial charge is 0.289 e. The third-order valence-corrected chi connectivity index (χ3v) is 6.28. The minimum atomic E-state index is 0.0780. The van der Waals surface area contributed by atoms with Crippen LogP contribution in [0.15, 0.2) is 103 Å². The van der Waals surface area contributed by atoms with Crippen molar-refractivity contribution < 1.29 is 4.79 Å². The van der Waals surface area contributed by atoms with Gasteiger partial charge < -0.3 is 0 Å². The van der Waals surface area contributed by atoms with E-state index < -0.39 is 0 Å². The second kappa shape index (κ2) is 11.1. The Balaban J connectivity index is 1.38. The molecule has 1 atom stereocenters. The number of hydrogen-bond acceptors (Lipinski definition) is 1. The molecule has 0 saturated carbocycles. The Morgan fingerprint density at radius 2 is 1.15 bits per heavy atom. The van der Waals surface area contributed by atoms with Gasteiger partial charge in [-0.3, -0.25) is 4.79 Å². The molecule has 0 spiro atoms. The van der Waals surface area contributed by atoms with E-state index in [4.69, 9.17) is 0 Å². The molecule has 4 rings (SSSR count). The van der Waals surface area contributed by atoms with Crippen LogP contribution >= 0.6 is 0 Å². The average molecular weight is 447 g/mol. The molecule has 0 aliphatic rings. The molecule has 0 fully saturated rings. The summed E-state index contributed by atoms with van der Waals surface area (Å²) in [5.41, 5.74) is 8.08. The molecule has 172 valence electrons. The van der Waals surface area contributed by atoms with Gasteiger partial charge in [-0.25, -0.2) is 0 Å². The lowest BCUT2D eigenvalue weighted by atomic mass is 9.91. The number of carbonyl (C=O) groups is 1. The topological polar surface area (TPSA) is 17.1 Å². The lowest BCUT2D eigenvalue weighted by molar-refractivity contribution is 0.103. The maximum atomic E-state index is 12.6. The smallest absolute Gasteiger partial charge is 0.193 e. The van der Waals surface area contributed by atoms with Crippen LogP contribution in [0.3, 0.4) is 0 Å². The zero-order chi connectivity index (χ0) is 23.9. The molecule has 1 nitrogen and oxygen atoms in total. The molecule has 0 saturated heterocycles. The first kappa shape index (κ1) is 23.7. The van der Waals surface area contributed by atoms with E-state index in [-0.39, 0.29) is 5.78 Å². The molecular weight excluding hydrogens is 412 g/mol. The van der Waals surface area contributed by atoms with Crippen LogP contribution in [0.2, 0.25) is 0 Å². The van der Waals surface area contributed by atoms with Gasteiger partial charge in [0.05, 0.1) is 0 Å². The fourth-order valence-electron chi connectivity index (χ4n) is 4.61. The fraction of sp³-hybridized carbons (Fsp3) is 0.242. The van der Waals surface area contributed by atoms with Crippen LogP contribution in [0.25, 0.3) is 11.1 Å². The lowest BCUT2D eigenvalue weighted by Crippen LogP contribution is -2.05. The number of carbonyl (C=O) groups excluding carboxylic acids is 1. The summed E-state index contributed by atoms with van der Waals surface area (Å²) in [4.78, 5) is 12.6. The zero-order valence-electron chi connectivity index (χ0n) is 20.5. The highest BCUT2D eigenvalue weighted by atomic mass is 16.1. The van der Waals surface area contributed by atoms with Gasteiger partial charge >= 0.3 is 0 Å². The van der Waals surface area contributed by atoms with Gasteiger partial charge in [0.2, 0.25) is 0 Å². The molecule has 1 unspecified atom stereocenters. The highest BCUT2D eigenvalue weighted by molar-refractivity contribution is 6.08. The van der Waals surface area contributed by atoms with Crippen molar-refractivity contribution in [3.05, 3.63) is 131 Å². The Kier molecular flexibility index (Phi) is 7.75. The van der Waals surface area contributed by atoms with Gasteiger partial charge in [-0.05, 0) is 58.9 Å². The van der Waals surface area contributed by atoms with E-state index >= 15 is 0 Å². The summed E-state index contributed by atoms with van der Waals surface area (Å²) in [5, 5.41) is 0. The summed E-state index contributed by atoms with van der Waals surface area (Å²) >= 11 is 0. The SMILES string of the molecule is CC(C)Cc1ccc(-c2cccc(CC(C)Cc3ccc(C(=O)c4ccccc4)cc3)c2)cc1. The highest BCUT2D eigenvalue weighted by Gasteiger charge is 2.10. The third kappa shape index (κ3) is 6.32. The fourth-order valence-corrected chi connectivity index (χ4v) is 4.61. The molecule has 4 aromatic rings. The molecule has 0 aliphatic carbocycles. The number of hydrogen-bond donors (Lipinski definition) is 0. The normalized spacial score (nSPS) is 12.0. The van der Waals surface area contributed by atoms with E-state index in [9.17, 15) is 4.79 Å². The third-order valence-electron chi connectivity index (χ3n) is 6.28. The van der Waals surface area contributed by atoms with Gasteiger partial charge in [-0.15, -0.1) is 0 Å². The van der Waals surface area contributed by atoms with Gasteiger partial charge in [0.1, 0.15) is 0 Å². The van der Waals surface area contributed by atoms with Gasteiger partial charge in [0.15, 0.2) is 5.78 Å². The van der Waals surface area contributed by atoms with Crippen molar-refractivity contribution >= 4 is 5.78 Å². The van der Waals surface area contributed by atoms with Gasteiger partial charge in [-0.1, -0.05) is 124 Å². The Bertz CT molecular complexity index is 1200. The molecule has 34 heavy (non-hydrogen) atoms. The summed E-state index contributed by atoms with van der Waals surface area (Å²) < 4.78 is 0. The molecule has 4 aromatic carbocycles. The summed E-state index contributed by atoms with van der Waals surface area (Å²) in [5.74, 6) is 1.27. The van der Waals surface area contributed by atoms with E-state index in [1.165, 1.54) is 27.8 Å². The second-order valence-corrected chi connectivity index (χ2v) is 9.90. The summed E-state index contributed by atoms with van der Waals surface area (Å²) in [6, 6.07) is 35.5. The van der Waals surface area contributed by atoms with E-state index in [1.54, 1.807) is 0 Å². The minimum absolute atomic E-state index is 0.0780. The first-order valence-electron chi connectivity index (χ1n) is 12.3. The quantitative estimate of drug-likeness (QED) is 0.237. The maximum absolute atomic E-state index is 12.6. The lowest BCUT2D eigenvalue weighted by Gasteiger charge is -2.13. The molecule has 0 aromatic heterocycles. The van der Waals surface area contributed by atoms with Crippen molar-refractivity contribution in [2.45, 2.75) is 40.0 Å². The summed E-state index contributed by atoms with van der Waals surface area (Å²) in [7, 11) is 0. The first-order valence-corrected chi connectivity index (χ1v) is 12.3. The first-order chi connectivity index (χ1) is 16.5.